The van der Waals surface area contributed by atoms with Gasteiger partial charge in [0.15, 0.2) is 0 Å². The first-order valence-corrected chi connectivity index (χ1v) is 10.3. The average Bonchev–Trinajstić information content (AvgIpc) is 3.13. The molecule has 2 fully saturated rings. The second-order valence-electron chi connectivity index (χ2n) is 8.82. The number of fused-ring (bicyclic) bond motifs is 3. The zero-order valence-corrected chi connectivity index (χ0v) is 16.8. The van der Waals surface area contributed by atoms with Gasteiger partial charge in [0.2, 0.25) is 0 Å². The van der Waals surface area contributed by atoms with Crippen LogP contribution in [0.5, 0.6) is 0 Å². The van der Waals surface area contributed by atoms with E-state index in [-0.39, 0.29) is 0 Å². The third-order valence-electron chi connectivity index (χ3n) is 7.21. The topological polar surface area (TPSA) is 31.9 Å². The van der Waals surface area contributed by atoms with E-state index in [0.29, 0.717) is 23.9 Å². The Morgan fingerprint density at radius 3 is 2.52 bits per heavy atom. The van der Waals surface area contributed by atoms with Crippen molar-refractivity contribution in [3.05, 3.63) is 64.5 Å². The van der Waals surface area contributed by atoms with E-state index in [1.165, 1.54) is 52.9 Å². The summed E-state index contributed by atoms with van der Waals surface area (Å²) >= 11 is 0. The lowest BCUT2D eigenvalue weighted by Crippen LogP contribution is -2.44. The highest BCUT2D eigenvalue weighted by molar-refractivity contribution is 5.77. The molecule has 2 aromatic carbocycles. The molecule has 2 saturated heterocycles. The lowest BCUT2D eigenvalue weighted by atomic mass is 9.75. The molecule has 5 rings (SSSR count). The Labute approximate surface area is 161 Å². The molecule has 0 amide bonds. The van der Waals surface area contributed by atoms with Crippen molar-refractivity contribution in [2.24, 2.45) is 0 Å². The minimum atomic E-state index is 0.435. The summed E-state index contributed by atoms with van der Waals surface area (Å²) in [7, 11) is 2.32. The van der Waals surface area contributed by atoms with Crippen molar-refractivity contribution in [3.63, 3.8) is 0 Å². The number of aromatic nitrogens is 2. The number of benzene rings is 2. The maximum Gasteiger partial charge on any atom is 0.112 e. The summed E-state index contributed by atoms with van der Waals surface area (Å²) in [6, 6.07) is 15.0. The molecule has 1 aromatic heterocycles. The van der Waals surface area contributed by atoms with Gasteiger partial charge in [0, 0.05) is 18.0 Å². The number of imidazole rings is 1. The molecule has 2 aliphatic rings. The van der Waals surface area contributed by atoms with Crippen LogP contribution in [0.15, 0.2) is 36.4 Å². The van der Waals surface area contributed by atoms with Crippen LogP contribution >= 0.6 is 0 Å². The zero-order valence-electron chi connectivity index (χ0n) is 16.8. The lowest BCUT2D eigenvalue weighted by Gasteiger charge is -2.42. The normalized spacial score (nSPS) is 28.1. The molecule has 3 heteroatoms. The van der Waals surface area contributed by atoms with Crippen LogP contribution in [-0.2, 0) is 0 Å². The van der Waals surface area contributed by atoms with Crippen LogP contribution in [0.1, 0.15) is 59.2 Å². The predicted octanol–water partition coefficient (Wildman–Crippen LogP) is 5.22. The molecule has 1 N–H and O–H groups in total. The first-order valence-electron chi connectivity index (χ1n) is 10.3. The van der Waals surface area contributed by atoms with Crippen molar-refractivity contribution < 1.29 is 0 Å². The quantitative estimate of drug-likeness (QED) is 0.680. The van der Waals surface area contributed by atoms with Gasteiger partial charge in [0.25, 0.3) is 0 Å². The van der Waals surface area contributed by atoms with Crippen molar-refractivity contribution in [1.29, 1.82) is 0 Å². The van der Waals surface area contributed by atoms with E-state index in [1.54, 1.807) is 0 Å². The smallest absolute Gasteiger partial charge is 0.112 e. The fourth-order valence-corrected chi connectivity index (χ4v) is 5.44. The van der Waals surface area contributed by atoms with Crippen LogP contribution in [-0.4, -0.2) is 34.0 Å². The first-order chi connectivity index (χ1) is 13.0. The summed E-state index contributed by atoms with van der Waals surface area (Å²) in [5, 5.41) is 0. The Morgan fingerprint density at radius 1 is 1.00 bits per heavy atom. The van der Waals surface area contributed by atoms with Crippen molar-refractivity contribution in [2.75, 3.05) is 7.05 Å². The van der Waals surface area contributed by atoms with Crippen LogP contribution in [0, 0.1) is 20.8 Å². The van der Waals surface area contributed by atoms with Gasteiger partial charge < -0.3 is 4.98 Å². The molecule has 0 radical (unpaired) electrons. The summed E-state index contributed by atoms with van der Waals surface area (Å²) < 4.78 is 0. The fourth-order valence-electron chi connectivity index (χ4n) is 5.44. The van der Waals surface area contributed by atoms with Crippen molar-refractivity contribution >= 4 is 11.0 Å². The maximum absolute atomic E-state index is 5.10. The third-order valence-corrected chi connectivity index (χ3v) is 7.21. The zero-order chi connectivity index (χ0) is 18.7. The largest absolute Gasteiger partial charge is 0.342 e. The summed E-state index contributed by atoms with van der Waals surface area (Å²) in [6.07, 6.45) is 3.83. The summed E-state index contributed by atoms with van der Waals surface area (Å²) in [5.74, 6) is 2.16. The average molecular weight is 360 g/mol. The molecule has 27 heavy (non-hydrogen) atoms. The second-order valence-corrected chi connectivity index (χ2v) is 8.82. The van der Waals surface area contributed by atoms with Gasteiger partial charge in [-0.15, -0.1) is 0 Å². The number of H-pyrrole nitrogens is 1. The number of hydrogen-bond donors (Lipinski definition) is 1. The van der Waals surface area contributed by atoms with Crippen molar-refractivity contribution in [2.45, 2.75) is 64.0 Å². The first kappa shape index (κ1) is 17.0. The molecule has 2 aliphatic heterocycles. The Hall–Kier alpha value is -2.13. The van der Waals surface area contributed by atoms with E-state index in [1.807, 2.05) is 0 Å². The highest BCUT2D eigenvalue weighted by Crippen LogP contribution is 2.50. The highest BCUT2D eigenvalue weighted by atomic mass is 15.2. The lowest BCUT2D eigenvalue weighted by molar-refractivity contribution is 0.134. The Kier molecular flexibility index (Phi) is 3.90. The number of piperidine rings is 1. The molecule has 2 unspecified atom stereocenters. The molecule has 0 spiro atoms. The van der Waals surface area contributed by atoms with Crippen LogP contribution in [0.2, 0.25) is 0 Å². The van der Waals surface area contributed by atoms with Gasteiger partial charge in [0.05, 0.1) is 11.0 Å². The molecule has 3 heterocycles. The van der Waals surface area contributed by atoms with Gasteiger partial charge >= 0.3 is 0 Å². The molecule has 3 nitrogen and oxygen atoms in total. The number of aryl methyl sites for hydroxylation is 3. The summed E-state index contributed by atoms with van der Waals surface area (Å²) in [5.41, 5.74) is 7.74. The molecule has 0 saturated carbocycles. The summed E-state index contributed by atoms with van der Waals surface area (Å²) in [4.78, 5) is 11.4. The number of aromatic amines is 1. The number of rotatable bonds is 2. The standard InChI is InChI=1S/C24H29N3/c1-14-5-7-17(8-6-14)19-13-18-9-10-22(27(18)4)23(19)24-25-20-11-15(2)16(3)12-21(20)26-24/h5-8,11-12,18-19,22-23H,9-10,13H2,1-4H3,(H,25,26)/t18-,19?,22?,23+/m1/s1. The predicted molar refractivity (Wildman–Crippen MR) is 111 cm³/mol. The third kappa shape index (κ3) is 2.71. The van der Waals surface area contributed by atoms with Crippen molar-refractivity contribution in [3.8, 4) is 0 Å². The van der Waals surface area contributed by atoms with E-state index < -0.39 is 0 Å². The van der Waals surface area contributed by atoms with E-state index in [9.17, 15) is 0 Å². The van der Waals surface area contributed by atoms with Crippen molar-refractivity contribution in [1.82, 2.24) is 14.9 Å². The van der Waals surface area contributed by atoms with Crippen LogP contribution in [0.4, 0.5) is 0 Å². The van der Waals surface area contributed by atoms with E-state index >= 15 is 0 Å². The number of hydrogen-bond acceptors (Lipinski definition) is 2. The minimum absolute atomic E-state index is 0.435. The highest BCUT2D eigenvalue weighted by Gasteiger charge is 2.47. The van der Waals surface area contributed by atoms with Gasteiger partial charge in [0.1, 0.15) is 5.82 Å². The summed E-state index contributed by atoms with van der Waals surface area (Å²) in [6.45, 7) is 6.53. The number of nitrogens with one attached hydrogen (secondary N) is 1. The van der Waals surface area contributed by atoms with E-state index in [0.717, 1.165) is 5.52 Å². The molecule has 140 valence electrons. The van der Waals surface area contributed by atoms with Crippen LogP contribution in [0.3, 0.4) is 0 Å². The second kappa shape index (κ2) is 6.20. The molecule has 2 bridgehead atoms. The Bertz CT molecular complexity index is 946. The van der Waals surface area contributed by atoms with Gasteiger partial charge in [-0.2, -0.15) is 0 Å². The molecular formula is C24H29N3. The van der Waals surface area contributed by atoms with Gasteiger partial charge in [-0.25, -0.2) is 4.98 Å². The molecule has 4 atom stereocenters. The maximum atomic E-state index is 5.10. The number of likely N-dealkylation sites (N-methyl/N-ethyl adjacent to an activating group) is 1. The van der Waals surface area contributed by atoms with E-state index in [2.05, 4.69) is 74.1 Å². The SMILES string of the molecule is Cc1ccc(C2C[C@H]3CCC([C@H]2c2nc4cc(C)c(C)cc4[nH]2)N3C)cc1. The molecular weight excluding hydrogens is 330 g/mol. The van der Waals surface area contributed by atoms with E-state index in [4.69, 9.17) is 4.98 Å². The Morgan fingerprint density at radius 2 is 1.74 bits per heavy atom. The Balaban J connectivity index is 1.62. The molecule has 3 aromatic rings. The fraction of sp³-hybridized carbons (Fsp3) is 0.458. The van der Waals surface area contributed by atoms with Crippen LogP contribution in [0.25, 0.3) is 11.0 Å². The van der Waals surface area contributed by atoms with Gasteiger partial charge in [-0.3, -0.25) is 4.90 Å². The van der Waals surface area contributed by atoms with Gasteiger partial charge in [-0.05, 0) is 81.8 Å². The minimum Gasteiger partial charge on any atom is -0.342 e. The van der Waals surface area contributed by atoms with Crippen LogP contribution < -0.4 is 0 Å². The monoisotopic (exact) mass is 359 g/mol. The van der Waals surface area contributed by atoms with Gasteiger partial charge in [-0.1, -0.05) is 29.8 Å². The molecule has 0 aliphatic carbocycles. The number of nitrogens with zero attached hydrogens (tertiary/aromatic N) is 2.